The fourth-order valence-corrected chi connectivity index (χ4v) is 3.01. The number of hydrogen-bond acceptors (Lipinski definition) is 3. The van der Waals surface area contributed by atoms with Gasteiger partial charge in [-0.2, -0.15) is 0 Å². The van der Waals surface area contributed by atoms with Crippen LogP contribution in [0, 0.1) is 0 Å². The van der Waals surface area contributed by atoms with Crippen molar-refractivity contribution in [3.8, 4) is 0 Å². The van der Waals surface area contributed by atoms with Crippen molar-refractivity contribution >= 4 is 29.9 Å². The van der Waals surface area contributed by atoms with Gasteiger partial charge in [-0.25, -0.2) is 0 Å². The van der Waals surface area contributed by atoms with Crippen LogP contribution in [0.4, 0.5) is 5.69 Å². The quantitative estimate of drug-likeness (QED) is 0.816. The molecule has 1 heterocycles. The molecular formula is C20H24ClN3O2. The van der Waals surface area contributed by atoms with Gasteiger partial charge in [-0.15, -0.1) is 12.4 Å². The topological polar surface area (TPSA) is 75.4 Å². The van der Waals surface area contributed by atoms with E-state index in [-0.39, 0.29) is 36.7 Å². The van der Waals surface area contributed by atoms with Gasteiger partial charge in [-0.05, 0) is 29.7 Å². The number of carbonyl (C=O) groups excluding carboxylic acids is 2. The number of nitrogens with one attached hydrogen (secondary N) is 1. The number of hydrogen-bond donors (Lipinski definition) is 2. The van der Waals surface area contributed by atoms with Crippen molar-refractivity contribution in [2.45, 2.75) is 31.8 Å². The molecule has 1 fully saturated rings. The molecule has 1 unspecified atom stereocenters. The molecule has 3 rings (SSSR count). The minimum atomic E-state index is -0.318. The van der Waals surface area contributed by atoms with Crippen molar-refractivity contribution in [1.82, 2.24) is 4.90 Å². The van der Waals surface area contributed by atoms with Crippen LogP contribution in [0.2, 0.25) is 0 Å². The Labute approximate surface area is 160 Å². The average molecular weight is 374 g/mol. The molecule has 1 saturated heterocycles. The van der Waals surface area contributed by atoms with Crippen LogP contribution in [0.25, 0.3) is 0 Å². The van der Waals surface area contributed by atoms with Gasteiger partial charge in [-0.3, -0.25) is 9.59 Å². The van der Waals surface area contributed by atoms with Crippen molar-refractivity contribution in [3.05, 3.63) is 65.7 Å². The van der Waals surface area contributed by atoms with Gasteiger partial charge in [0.1, 0.15) is 0 Å². The van der Waals surface area contributed by atoms with Crippen molar-refractivity contribution in [3.63, 3.8) is 0 Å². The van der Waals surface area contributed by atoms with Crippen molar-refractivity contribution in [2.75, 3.05) is 11.9 Å². The zero-order valence-electron chi connectivity index (χ0n) is 14.6. The predicted octanol–water partition coefficient (Wildman–Crippen LogP) is 3.26. The molecular weight excluding hydrogens is 350 g/mol. The molecule has 2 aromatic carbocycles. The van der Waals surface area contributed by atoms with Gasteiger partial charge in [0.2, 0.25) is 11.8 Å². The molecule has 0 aliphatic carbocycles. The lowest BCUT2D eigenvalue weighted by atomic mass is 10.0. The summed E-state index contributed by atoms with van der Waals surface area (Å²) in [5, 5.41) is 2.87. The maximum absolute atomic E-state index is 12.2. The molecule has 0 bridgehead atoms. The van der Waals surface area contributed by atoms with Crippen molar-refractivity contribution < 1.29 is 9.59 Å². The average Bonchev–Trinajstić information content (AvgIpc) is 3.02. The molecule has 2 aromatic rings. The van der Waals surface area contributed by atoms with Gasteiger partial charge in [0, 0.05) is 37.7 Å². The van der Waals surface area contributed by atoms with E-state index >= 15 is 0 Å². The molecule has 0 radical (unpaired) electrons. The minimum absolute atomic E-state index is 0. The van der Waals surface area contributed by atoms with E-state index in [9.17, 15) is 9.59 Å². The second kappa shape index (κ2) is 9.36. The summed E-state index contributed by atoms with van der Waals surface area (Å²) in [6.45, 7) is 1.46. The fraction of sp³-hybridized carbons (Fsp3) is 0.300. The molecule has 5 nitrogen and oxygen atoms in total. The molecule has 6 heteroatoms. The first-order chi connectivity index (χ1) is 12.1. The van der Waals surface area contributed by atoms with Crippen LogP contribution in [0.3, 0.4) is 0 Å². The van der Waals surface area contributed by atoms with Crippen LogP contribution in [-0.4, -0.2) is 23.3 Å². The Hall–Kier alpha value is -2.37. The second-order valence-corrected chi connectivity index (χ2v) is 6.39. The molecule has 2 amide bonds. The van der Waals surface area contributed by atoms with Crippen molar-refractivity contribution in [1.29, 1.82) is 0 Å². The zero-order valence-corrected chi connectivity index (χ0v) is 15.4. The third-order valence-electron chi connectivity index (χ3n) is 4.42. The van der Waals surface area contributed by atoms with Crippen LogP contribution in [0.5, 0.6) is 0 Å². The SMILES string of the molecule is Cl.NC(CC(=O)Nc1ccc(CN2CCCC2=O)cc1)c1ccccc1. The Kier molecular flexibility index (Phi) is 7.18. The van der Waals surface area contributed by atoms with E-state index in [1.54, 1.807) is 0 Å². The summed E-state index contributed by atoms with van der Waals surface area (Å²) in [5.41, 5.74) is 8.83. The van der Waals surface area contributed by atoms with E-state index in [1.807, 2.05) is 59.5 Å². The number of benzene rings is 2. The first kappa shape index (κ1) is 19.9. The summed E-state index contributed by atoms with van der Waals surface area (Å²) < 4.78 is 0. The normalized spacial score (nSPS) is 14.7. The van der Waals surface area contributed by atoms with Crippen LogP contribution < -0.4 is 11.1 Å². The maximum Gasteiger partial charge on any atom is 0.226 e. The van der Waals surface area contributed by atoms with E-state index in [1.165, 1.54) is 0 Å². The van der Waals surface area contributed by atoms with Crippen LogP contribution in [0.1, 0.15) is 36.4 Å². The molecule has 0 aromatic heterocycles. The number of amides is 2. The monoisotopic (exact) mass is 373 g/mol. The number of rotatable bonds is 6. The van der Waals surface area contributed by atoms with Gasteiger partial charge < -0.3 is 16.0 Å². The number of likely N-dealkylation sites (tertiary alicyclic amines) is 1. The highest BCUT2D eigenvalue weighted by atomic mass is 35.5. The highest BCUT2D eigenvalue weighted by Gasteiger charge is 2.19. The third-order valence-corrected chi connectivity index (χ3v) is 4.42. The van der Waals surface area contributed by atoms with E-state index < -0.39 is 0 Å². The number of halogens is 1. The summed E-state index contributed by atoms with van der Waals surface area (Å²) in [5.74, 6) is 0.103. The Morgan fingerprint density at radius 2 is 1.81 bits per heavy atom. The molecule has 1 aliphatic rings. The van der Waals surface area contributed by atoms with Crippen LogP contribution in [-0.2, 0) is 16.1 Å². The Morgan fingerprint density at radius 1 is 1.12 bits per heavy atom. The largest absolute Gasteiger partial charge is 0.338 e. The number of anilines is 1. The molecule has 0 spiro atoms. The Morgan fingerprint density at radius 3 is 2.42 bits per heavy atom. The lowest BCUT2D eigenvalue weighted by Crippen LogP contribution is -2.23. The van der Waals surface area contributed by atoms with E-state index in [0.29, 0.717) is 13.0 Å². The molecule has 3 N–H and O–H groups in total. The number of nitrogens with two attached hydrogens (primary N) is 1. The minimum Gasteiger partial charge on any atom is -0.338 e. The van der Waals surface area contributed by atoms with Gasteiger partial charge in [-0.1, -0.05) is 42.5 Å². The zero-order chi connectivity index (χ0) is 17.6. The lowest BCUT2D eigenvalue weighted by molar-refractivity contribution is -0.128. The number of nitrogens with zero attached hydrogens (tertiary/aromatic N) is 1. The van der Waals surface area contributed by atoms with Crippen LogP contribution in [0.15, 0.2) is 54.6 Å². The molecule has 1 aliphatic heterocycles. The smallest absolute Gasteiger partial charge is 0.226 e. The van der Waals surface area contributed by atoms with Gasteiger partial charge >= 0.3 is 0 Å². The van der Waals surface area contributed by atoms with Crippen molar-refractivity contribution in [2.24, 2.45) is 5.73 Å². The highest BCUT2D eigenvalue weighted by molar-refractivity contribution is 5.91. The van der Waals surface area contributed by atoms with Gasteiger partial charge in [0.05, 0.1) is 0 Å². The third kappa shape index (κ3) is 5.31. The fourth-order valence-electron chi connectivity index (χ4n) is 3.01. The summed E-state index contributed by atoms with van der Waals surface area (Å²) in [7, 11) is 0. The first-order valence-corrected chi connectivity index (χ1v) is 8.59. The van der Waals surface area contributed by atoms with Gasteiger partial charge in [0.15, 0.2) is 0 Å². The highest BCUT2D eigenvalue weighted by Crippen LogP contribution is 2.18. The molecule has 26 heavy (non-hydrogen) atoms. The summed E-state index contributed by atoms with van der Waals surface area (Å²) in [6.07, 6.45) is 1.82. The molecule has 0 saturated carbocycles. The second-order valence-electron chi connectivity index (χ2n) is 6.39. The molecule has 138 valence electrons. The summed E-state index contributed by atoms with van der Waals surface area (Å²) in [6, 6.07) is 16.9. The molecule has 1 atom stereocenters. The standard InChI is InChI=1S/C20H23N3O2.ClH/c21-18(16-5-2-1-3-6-16)13-19(24)22-17-10-8-15(9-11-17)14-23-12-4-7-20(23)25;/h1-3,5-6,8-11,18H,4,7,12-14,21H2,(H,22,24);1H. The Balaban J connectivity index is 0.00000243. The van der Waals surface area contributed by atoms with Gasteiger partial charge in [0.25, 0.3) is 0 Å². The summed E-state index contributed by atoms with van der Waals surface area (Å²) >= 11 is 0. The predicted molar refractivity (Wildman–Crippen MR) is 105 cm³/mol. The lowest BCUT2D eigenvalue weighted by Gasteiger charge is -2.16. The maximum atomic E-state index is 12.2. The van der Waals surface area contributed by atoms with E-state index in [2.05, 4.69) is 5.32 Å². The number of carbonyl (C=O) groups is 2. The Bertz CT molecular complexity index is 734. The van der Waals surface area contributed by atoms with E-state index in [4.69, 9.17) is 5.73 Å². The van der Waals surface area contributed by atoms with Crippen LogP contribution >= 0.6 is 12.4 Å². The van der Waals surface area contributed by atoms with E-state index in [0.717, 1.165) is 29.8 Å². The first-order valence-electron chi connectivity index (χ1n) is 8.59. The summed E-state index contributed by atoms with van der Waals surface area (Å²) in [4.78, 5) is 25.7.